The second-order valence-corrected chi connectivity index (χ2v) is 3.62. The normalized spacial score (nSPS) is 27.2. The fraction of sp³-hybridized carbons (Fsp3) is 0.778. The van der Waals surface area contributed by atoms with Crippen LogP contribution >= 0.6 is 0 Å². The van der Waals surface area contributed by atoms with Gasteiger partial charge in [0, 0.05) is 19.6 Å². The monoisotopic (exact) mass is 181 g/mol. The Morgan fingerprint density at radius 1 is 1.23 bits per heavy atom. The number of rotatable bonds is 2. The first-order valence-electron chi connectivity index (χ1n) is 4.76. The van der Waals surface area contributed by atoms with E-state index in [-0.39, 0.29) is 11.9 Å². The van der Waals surface area contributed by atoms with Gasteiger partial charge in [0.15, 0.2) is 0 Å². The average Bonchev–Trinajstić information content (AvgIpc) is 2.47. The first kappa shape index (κ1) is 8.53. The highest BCUT2D eigenvalue weighted by atomic mass is 16.2. The van der Waals surface area contributed by atoms with Crippen molar-refractivity contribution in [2.45, 2.75) is 25.3 Å². The van der Waals surface area contributed by atoms with Crippen LogP contribution in [0.25, 0.3) is 0 Å². The number of amides is 2. The van der Waals surface area contributed by atoms with Crippen molar-refractivity contribution in [1.29, 1.82) is 0 Å². The molecule has 0 aromatic carbocycles. The predicted molar refractivity (Wildman–Crippen MR) is 46.6 cm³/mol. The zero-order valence-corrected chi connectivity index (χ0v) is 7.53. The summed E-state index contributed by atoms with van der Waals surface area (Å²) in [4.78, 5) is 25.5. The molecule has 0 aromatic rings. The van der Waals surface area contributed by atoms with Crippen LogP contribution in [-0.2, 0) is 9.59 Å². The van der Waals surface area contributed by atoms with Gasteiger partial charge in [0.25, 0.3) is 0 Å². The SMILES string of the molecule is O=[C]N1CCCC1C(=O)N1CCC1. The van der Waals surface area contributed by atoms with Gasteiger partial charge in [-0.05, 0) is 19.3 Å². The molecule has 2 amide bonds. The van der Waals surface area contributed by atoms with Crippen molar-refractivity contribution in [3.05, 3.63) is 0 Å². The molecule has 1 atom stereocenters. The van der Waals surface area contributed by atoms with Gasteiger partial charge >= 0.3 is 6.41 Å². The van der Waals surface area contributed by atoms with E-state index in [9.17, 15) is 9.59 Å². The third kappa shape index (κ3) is 1.41. The first-order valence-corrected chi connectivity index (χ1v) is 4.76. The lowest BCUT2D eigenvalue weighted by Gasteiger charge is -2.34. The molecule has 2 saturated heterocycles. The van der Waals surface area contributed by atoms with Gasteiger partial charge in [-0.3, -0.25) is 9.59 Å². The summed E-state index contributed by atoms with van der Waals surface area (Å²) in [7, 11) is 0. The Bertz CT molecular complexity index is 226. The fourth-order valence-electron chi connectivity index (χ4n) is 1.88. The summed E-state index contributed by atoms with van der Waals surface area (Å²) in [6.07, 6.45) is 4.67. The lowest BCUT2D eigenvalue weighted by molar-refractivity contribution is -0.138. The van der Waals surface area contributed by atoms with E-state index in [0.717, 1.165) is 32.4 Å². The molecule has 0 N–H and O–H groups in total. The molecule has 71 valence electrons. The summed E-state index contributed by atoms with van der Waals surface area (Å²) in [6.45, 7) is 2.41. The number of hydrogen-bond donors (Lipinski definition) is 0. The minimum absolute atomic E-state index is 0.118. The summed E-state index contributed by atoms with van der Waals surface area (Å²) >= 11 is 0. The van der Waals surface area contributed by atoms with E-state index in [1.165, 1.54) is 4.90 Å². The highest BCUT2D eigenvalue weighted by Gasteiger charge is 2.34. The molecular weight excluding hydrogens is 168 g/mol. The predicted octanol–water partition coefficient (Wildman–Crippen LogP) is -0.250. The van der Waals surface area contributed by atoms with Crippen LogP contribution in [0, 0.1) is 0 Å². The quantitative estimate of drug-likeness (QED) is 0.589. The minimum atomic E-state index is -0.210. The summed E-state index contributed by atoms with van der Waals surface area (Å²) in [5, 5.41) is 0. The van der Waals surface area contributed by atoms with E-state index >= 15 is 0 Å². The van der Waals surface area contributed by atoms with E-state index in [1.807, 2.05) is 11.3 Å². The number of carbonyl (C=O) groups is 1. The maximum absolute atomic E-state index is 11.7. The second-order valence-electron chi connectivity index (χ2n) is 3.62. The van der Waals surface area contributed by atoms with Crippen molar-refractivity contribution in [3.8, 4) is 0 Å². The molecule has 0 spiro atoms. The molecule has 4 nitrogen and oxygen atoms in total. The fourth-order valence-corrected chi connectivity index (χ4v) is 1.88. The van der Waals surface area contributed by atoms with Gasteiger partial charge in [-0.15, -0.1) is 0 Å². The summed E-state index contributed by atoms with van der Waals surface area (Å²) in [5.74, 6) is 0.118. The zero-order chi connectivity index (χ0) is 9.26. The van der Waals surface area contributed by atoms with E-state index < -0.39 is 0 Å². The molecule has 0 aliphatic carbocycles. The van der Waals surface area contributed by atoms with E-state index in [1.54, 1.807) is 0 Å². The van der Waals surface area contributed by atoms with Gasteiger partial charge in [-0.1, -0.05) is 0 Å². The van der Waals surface area contributed by atoms with Gasteiger partial charge in [0.05, 0.1) is 0 Å². The van der Waals surface area contributed by atoms with Gasteiger partial charge in [-0.2, -0.15) is 0 Å². The molecule has 1 radical (unpaired) electrons. The molecule has 2 heterocycles. The number of hydrogen-bond acceptors (Lipinski definition) is 2. The maximum Gasteiger partial charge on any atom is 0.312 e. The molecule has 2 aliphatic heterocycles. The summed E-state index contributed by atoms with van der Waals surface area (Å²) in [5.41, 5.74) is 0. The van der Waals surface area contributed by atoms with Gasteiger partial charge in [-0.25, -0.2) is 0 Å². The first-order chi connectivity index (χ1) is 6.33. The molecule has 1 unspecified atom stereocenters. The molecule has 0 saturated carbocycles. The van der Waals surface area contributed by atoms with Gasteiger partial charge in [0.2, 0.25) is 5.91 Å². The Kier molecular flexibility index (Phi) is 2.20. The Morgan fingerprint density at radius 2 is 2.00 bits per heavy atom. The number of carbonyl (C=O) groups excluding carboxylic acids is 2. The zero-order valence-electron chi connectivity index (χ0n) is 7.53. The molecule has 2 aliphatic rings. The van der Waals surface area contributed by atoms with Crippen LogP contribution in [0.4, 0.5) is 0 Å². The van der Waals surface area contributed by atoms with Crippen molar-refractivity contribution in [2.75, 3.05) is 19.6 Å². The Balaban J connectivity index is 1.97. The smallest absolute Gasteiger partial charge is 0.312 e. The molecule has 4 heteroatoms. The van der Waals surface area contributed by atoms with Crippen molar-refractivity contribution in [1.82, 2.24) is 9.80 Å². The van der Waals surface area contributed by atoms with Crippen LogP contribution in [0.5, 0.6) is 0 Å². The topological polar surface area (TPSA) is 40.6 Å². The molecule has 0 aromatic heterocycles. The largest absolute Gasteiger partial charge is 0.341 e. The summed E-state index contributed by atoms with van der Waals surface area (Å²) in [6, 6.07) is -0.210. The van der Waals surface area contributed by atoms with Crippen molar-refractivity contribution in [2.24, 2.45) is 0 Å². The molecule has 13 heavy (non-hydrogen) atoms. The van der Waals surface area contributed by atoms with Crippen LogP contribution < -0.4 is 0 Å². The van der Waals surface area contributed by atoms with E-state index in [4.69, 9.17) is 0 Å². The second kappa shape index (κ2) is 3.36. The standard InChI is InChI=1S/C9H13N2O2/c12-7-11-4-1-3-8(11)9(13)10-5-2-6-10/h8H,1-6H2. The third-order valence-corrected chi connectivity index (χ3v) is 2.82. The van der Waals surface area contributed by atoms with Crippen molar-refractivity contribution < 1.29 is 9.59 Å². The average molecular weight is 181 g/mol. The lowest BCUT2D eigenvalue weighted by Crippen LogP contribution is -2.50. The van der Waals surface area contributed by atoms with Crippen molar-refractivity contribution in [3.63, 3.8) is 0 Å². The Hall–Kier alpha value is -1.06. The molecule has 2 fully saturated rings. The molecule has 2 rings (SSSR count). The van der Waals surface area contributed by atoms with Crippen LogP contribution in [-0.4, -0.2) is 47.8 Å². The van der Waals surface area contributed by atoms with E-state index in [0.29, 0.717) is 6.54 Å². The molecular formula is C9H13N2O2. The Labute approximate surface area is 77.5 Å². The highest BCUT2D eigenvalue weighted by Crippen LogP contribution is 2.19. The van der Waals surface area contributed by atoms with Crippen molar-refractivity contribution >= 4 is 12.3 Å². The third-order valence-electron chi connectivity index (χ3n) is 2.82. The van der Waals surface area contributed by atoms with E-state index in [2.05, 4.69) is 0 Å². The highest BCUT2D eigenvalue weighted by molar-refractivity contribution is 5.84. The van der Waals surface area contributed by atoms with Gasteiger partial charge < -0.3 is 9.80 Å². The number of nitrogens with zero attached hydrogens (tertiary/aromatic N) is 2. The van der Waals surface area contributed by atoms with Crippen LogP contribution in [0.3, 0.4) is 0 Å². The Morgan fingerprint density at radius 3 is 2.54 bits per heavy atom. The lowest BCUT2D eigenvalue weighted by atomic mass is 10.1. The van der Waals surface area contributed by atoms with Crippen LogP contribution in [0.2, 0.25) is 0 Å². The minimum Gasteiger partial charge on any atom is -0.341 e. The summed E-state index contributed by atoms with van der Waals surface area (Å²) < 4.78 is 0. The molecule has 0 bridgehead atoms. The maximum atomic E-state index is 11.7. The van der Waals surface area contributed by atoms with Gasteiger partial charge in [0.1, 0.15) is 6.04 Å². The van der Waals surface area contributed by atoms with Crippen LogP contribution in [0.15, 0.2) is 0 Å². The number of likely N-dealkylation sites (tertiary alicyclic amines) is 2. The van der Waals surface area contributed by atoms with Crippen LogP contribution in [0.1, 0.15) is 19.3 Å².